The van der Waals surface area contributed by atoms with Gasteiger partial charge in [0.1, 0.15) is 0 Å². The largest absolute Gasteiger partial charge is 0.493 e. The van der Waals surface area contributed by atoms with Gasteiger partial charge in [0.05, 0.1) is 13.7 Å². The average Bonchev–Trinajstić information content (AvgIpc) is 2.38. The zero-order chi connectivity index (χ0) is 13.8. The van der Waals surface area contributed by atoms with Gasteiger partial charge in [-0.2, -0.15) is 0 Å². The number of nitrogens with zero attached hydrogens (tertiary/aromatic N) is 2. The van der Waals surface area contributed by atoms with Crippen LogP contribution >= 0.6 is 0 Å². The van der Waals surface area contributed by atoms with E-state index >= 15 is 0 Å². The van der Waals surface area contributed by atoms with E-state index in [2.05, 4.69) is 9.97 Å². The van der Waals surface area contributed by atoms with E-state index in [-0.39, 0.29) is 12.6 Å². The number of aryl methyl sites for hydroxylation is 2. The van der Waals surface area contributed by atoms with Crippen LogP contribution in [-0.2, 0) is 6.61 Å². The fourth-order valence-corrected chi connectivity index (χ4v) is 1.73. The average molecular weight is 260 g/mol. The quantitative estimate of drug-likeness (QED) is 0.914. The van der Waals surface area contributed by atoms with Crippen LogP contribution in [0.25, 0.3) is 0 Å². The molecule has 0 radical (unpaired) electrons. The maximum Gasteiger partial charge on any atom is 0.322 e. The van der Waals surface area contributed by atoms with E-state index in [1.165, 1.54) is 0 Å². The Morgan fingerprint density at radius 2 is 1.74 bits per heavy atom. The Hall–Kier alpha value is -2.14. The van der Waals surface area contributed by atoms with Gasteiger partial charge in [-0.05, 0) is 37.6 Å². The molecular formula is C14H16N2O3. The molecule has 1 aromatic carbocycles. The van der Waals surface area contributed by atoms with Gasteiger partial charge in [-0.3, -0.25) is 0 Å². The molecule has 2 rings (SSSR count). The Labute approximate surface area is 111 Å². The summed E-state index contributed by atoms with van der Waals surface area (Å²) in [6.45, 7) is 3.72. The monoisotopic (exact) mass is 260 g/mol. The fourth-order valence-electron chi connectivity index (χ4n) is 1.73. The predicted octanol–water partition coefficient (Wildman–Crippen LogP) is 2.39. The SMILES string of the molecule is COc1cc(CO)ccc1Oc1nc(C)cc(C)n1. The van der Waals surface area contributed by atoms with Crippen LogP contribution in [0.3, 0.4) is 0 Å². The summed E-state index contributed by atoms with van der Waals surface area (Å²) in [4.78, 5) is 8.42. The molecule has 19 heavy (non-hydrogen) atoms. The van der Waals surface area contributed by atoms with Crippen molar-refractivity contribution in [3.63, 3.8) is 0 Å². The molecule has 1 heterocycles. The maximum absolute atomic E-state index is 9.09. The third-order valence-corrected chi connectivity index (χ3v) is 2.57. The van der Waals surface area contributed by atoms with Crippen molar-refractivity contribution in [2.24, 2.45) is 0 Å². The van der Waals surface area contributed by atoms with E-state index in [0.717, 1.165) is 17.0 Å². The van der Waals surface area contributed by atoms with Gasteiger partial charge in [-0.15, -0.1) is 0 Å². The van der Waals surface area contributed by atoms with Crippen molar-refractivity contribution in [2.45, 2.75) is 20.5 Å². The van der Waals surface area contributed by atoms with Crippen LogP contribution in [0.2, 0.25) is 0 Å². The molecule has 0 unspecified atom stereocenters. The minimum absolute atomic E-state index is 0.0449. The van der Waals surface area contributed by atoms with Crippen LogP contribution in [-0.4, -0.2) is 22.2 Å². The molecule has 5 heteroatoms. The van der Waals surface area contributed by atoms with Gasteiger partial charge in [0, 0.05) is 11.4 Å². The third-order valence-electron chi connectivity index (χ3n) is 2.57. The molecule has 0 amide bonds. The molecular weight excluding hydrogens is 244 g/mol. The zero-order valence-corrected chi connectivity index (χ0v) is 11.2. The van der Waals surface area contributed by atoms with Crippen molar-refractivity contribution in [3.8, 4) is 17.5 Å². The highest BCUT2D eigenvalue weighted by molar-refractivity contribution is 5.44. The molecule has 0 spiro atoms. The summed E-state index contributed by atoms with van der Waals surface area (Å²) in [5.41, 5.74) is 2.44. The van der Waals surface area contributed by atoms with Gasteiger partial charge in [0.25, 0.3) is 0 Å². The van der Waals surface area contributed by atoms with E-state index in [1.807, 2.05) is 19.9 Å². The minimum Gasteiger partial charge on any atom is -0.493 e. The third kappa shape index (κ3) is 3.20. The number of hydrogen-bond acceptors (Lipinski definition) is 5. The molecule has 0 aliphatic carbocycles. The molecule has 0 atom stereocenters. The lowest BCUT2D eigenvalue weighted by molar-refractivity contribution is 0.280. The summed E-state index contributed by atoms with van der Waals surface area (Å²) in [5.74, 6) is 1.05. The lowest BCUT2D eigenvalue weighted by Gasteiger charge is -2.10. The Morgan fingerprint density at radius 1 is 1.05 bits per heavy atom. The Kier molecular flexibility index (Phi) is 3.97. The van der Waals surface area contributed by atoms with Gasteiger partial charge < -0.3 is 14.6 Å². The van der Waals surface area contributed by atoms with Crippen molar-refractivity contribution >= 4 is 0 Å². The van der Waals surface area contributed by atoms with Crippen LogP contribution in [0.5, 0.6) is 17.5 Å². The molecule has 0 aliphatic rings. The number of rotatable bonds is 4. The highest BCUT2D eigenvalue weighted by Gasteiger charge is 2.09. The molecule has 5 nitrogen and oxygen atoms in total. The predicted molar refractivity (Wildman–Crippen MR) is 70.5 cm³/mol. The van der Waals surface area contributed by atoms with Gasteiger partial charge in [-0.25, -0.2) is 9.97 Å². The van der Waals surface area contributed by atoms with E-state index in [9.17, 15) is 0 Å². The fraction of sp³-hybridized carbons (Fsp3) is 0.286. The molecule has 0 fully saturated rings. The van der Waals surface area contributed by atoms with Crippen molar-refractivity contribution in [1.29, 1.82) is 0 Å². The van der Waals surface area contributed by atoms with Crippen LogP contribution in [0, 0.1) is 13.8 Å². The lowest BCUT2D eigenvalue weighted by Crippen LogP contribution is -1.98. The number of benzene rings is 1. The first-order valence-electron chi connectivity index (χ1n) is 5.90. The smallest absolute Gasteiger partial charge is 0.322 e. The second kappa shape index (κ2) is 5.67. The summed E-state index contributed by atoms with van der Waals surface area (Å²) in [6.07, 6.45) is 0. The summed E-state index contributed by atoms with van der Waals surface area (Å²) in [6, 6.07) is 7.37. The number of methoxy groups -OCH3 is 1. The second-order valence-corrected chi connectivity index (χ2v) is 4.18. The minimum atomic E-state index is -0.0449. The second-order valence-electron chi connectivity index (χ2n) is 4.18. The molecule has 0 aliphatic heterocycles. The first-order chi connectivity index (χ1) is 9.12. The lowest BCUT2D eigenvalue weighted by atomic mass is 10.2. The van der Waals surface area contributed by atoms with Gasteiger partial charge >= 0.3 is 6.01 Å². The first kappa shape index (κ1) is 13.3. The van der Waals surface area contributed by atoms with E-state index < -0.39 is 0 Å². The van der Waals surface area contributed by atoms with E-state index in [1.54, 1.807) is 25.3 Å². The maximum atomic E-state index is 9.09. The zero-order valence-electron chi connectivity index (χ0n) is 11.2. The van der Waals surface area contributed by atoms with Crippen molar-refractivity contribution in [2.75, 3.05) is 7.11 Å². The van der Waals surface area contributed by atoms with Gasteiger partial charge in [0.2, 0.25) is 0 Å². The molecule has 0 saturated heterocycles. The summed E-state index contributed by atoms with van der Waals surface area (Å²) >= 11 is 0. The molecule has 0 saturated carbocycles. The van der Waals surface area contributed by atoms with Crippen LogP contribution < -0.4 is 9.47 Å². The summed E-state index contributed by atoms with van der Waals surface area (Å²) < 4.78 is 10.9. The normalized spacial score (nSPS) is 10.3. The van der Waals surface area contributed by atoms with Gasteiger partial charge in [0.15, 0.2) is 11.5 Å². The van der Waals surface area contributed by atoms with Crippen molar-refractivity contribution in [1.82, 2.24) is 9.97 Å². The first-order valence-corrected chi connectivity index (χ1v) is 5.90. The summed E-state index contributed by atoms with van der Waals surface area (Å²) in [5, 5.41) is 9.09. The van der Waals surface area contributed by atoms with Gasteiger partial charge in [-0.1, -0.05) is 6.07 Å². The van der Waals surface area contributed by atoms with Crippen molar-refractivity contribution < 1.29 is 14.6 Å². The molecule has 1 aromatic heterocycles. The Balaban J connectivity index is 2.32. The van der Waals surface area contributed by atoms with Crippen LogP contribution in [0.1, 0.15) is 17.0 Å². The topological polar surface area (TPSA) is 64.5 Å². The van der Waals surface area contributed by atoms with E-state index in [4.69, 9.17) is 14.6 Å². The number of aliphatic hydroxyl groups is 1. The number of ether oxygens (including phenoxy) is 2. The molecule has 2 aromatic rings. The highest BCUT2D eigenvalue weighted by Crippen LogP contribution is 2.31. The number of aromatic nitrogens is 2. The number of hydrogen-bond donors (Lipinski definition) is 1. The highest BCUT2D eigenvalue weighted by atomic mass is 16.5. The van der Waals surface area contributed by atoms with E-state index in [0.29, 0.717) is 11.5 Å². The Bertz CT molecular complexity index is 565. The van der Waals surface area contributed by atoms with Crippen LogP contribution in [0.15, 0.2) is 24.3 Å². The molecule has 100 valence electrons. The van der Waals surface area contributed by atoms with Crippen molar-refractivity contribution in [3.05, 3.63) is 41.2 Å². The number of aliphatic hydroxyl groups excluding tert-OH is 1. The standard InChI is InChI=1S/C14H16N2O3/c1-9-6-10(2)16-14(15-9)19-12-5-4-11(8-17)7-13(12)18-3/h4-7,17H,8H2,1-3H3. The Morgan fingerprint density at radius 3 is 2.32 bits per heavy atom. The summed E-state index contributed by atoms with van der Waals surface area (Å²) in [7, 11) is 1.55. The molecule has 1 N–H and O–H groups in total. The molecule has 0 bridgehead atoms. The van der Waals surface area contributed by atoms with Crippen LogP contribution in [0.4, 0.5) is 0 Å².